The van der Waals surface area contributed by atoms with Crippen LogP contribution in [0.15, 0.2) is 24.3 Å². The van der Waals surface area contributed by atoms with Gasteiger partial charge in [-0.15, -0.1) is 0 Å². The van der Waals surface area contributed by atoms with E-state index in [1.807, 2.05) is 32.9 Å². The third kappa shape index (κ3) is 3.33. The van der Waals surface area contributed by atoms with Crippen molar-refractivity contribution >= 4 is 6.09 Å². The van der Waals surface area contributed by atoms with E-state index in [-0.39, 0.29) is 12.1 Å². The minimum atomic E-state index is -1.46. The molecule has 0 aromatic heterocycles. The molecule has 1 heterocycles. The monoisotopic (exact) mass is 280 g/mol. The summed E-state index contributed by atoms with van der Waals surface area (Å²) in [7, 11) is 0. The Hall–Kier alpha value is -1.95. The van der Waals surface area contributed by atoms with Gasteiger partial charge in [0.25, 0.3) is 0 Å². The quantitative estimate of drug-likeness (QED) is 0.831. The fourth-order valence-electron chi connectivity index (χ4n) is 1.88. The average molecular weight is 280 g/mol. The van der Waals surface area contributed by atoms with Crippen molar-refractivity contribution in [1.82, 2.24) is 10.6 Å². The molecule has 1 aliphatic heterocycles. The summed E-state index contributed by atoms with van der Waals surface area (Å²) in [5, 5.41) is 5.69. The lowest BCUT2D eigenvalue weighted by molar-refractivity contribution is -0.144. The van der Waals surface area contributed by atoms with Crippen molar-refractivity contribution in [2.75, 3.05) is 6.61 Å². The van der Waals surface area contributed by atoms with E-state index in [1.54, 1.807) is 19.1 Å². The van der Waals surface area contributed by atoms with Crippen LogP contribution in [0.1, 0.15) is 27.7 Å². The zero-order valence-corrected chi connectivity index (χ0v) is 12.1. The number of hydrogen-bond acceptors (Lipinski definition) is 5. The summed E-state index contributed by atoms with van der Waals surface area (Å²) in [6.07, 6.45) is -0.614. The minimum absolute atomic E-state index is 0.268. The van der Waals surface area contributed by atoms with Gasteiger partial charge in [0.2, 0.25) is 0 Å². The number of hydrogen-bond donors (Lipinski definition) is 2. The second-order valence-corrected chi connectivity index (χ2v) is 5.49. The molecule has 0 aliphatic carbocycles. The third-order valence-corrected chi connectivity index (χ3v) is 2.44. The molecule has 6 nitrogen and oxygen atoms in total. The second kappa shape index (κ2) is 5.20. The lowest BCUT2D eigenvalue weighted by Gasteiger charge is -2.34. The molecule has 6 heteroatoms. The Balaban J connectivity index is 2.22. The lowest BCUT2D eigenvalue weighted by atomic mass is 10.1. The highest BCUT2D eigenvalue weighted by Crippen LogP contribution is 2.37. The van der Waals surface area contributed by atoms with Gasteiger partial charge in [-0.1, -0.05) is 12.1 Å². The molecule has 0 radical (unpaired) electrons. The second-order valence-electron chi connectivity index (χ2n) is 5.49. The summed E-state index contributed by atoms with van der Waals surface area (Å²) in [6, 6.07) is 5.75. The molecule has 110 valence electrons. The lowest BCUT2D eigenvalue weighted by Crippen LogP contribution is -2.69. The summed E-state index contributed by atoms with van der Waals surface area (Å²) in [6.45, 7) is 7.82. The van der Waals surface area contributed by atoms with Crippen LogP contribution in [0.5, 0.6) is 11.5 Å². The van der Waals surface area contributed by atoms with Gasteiger partial charge in [0.05, 0.1) is 6.61 Å². The summed E-state index contributed by atoms with van der Waals surface area (Å²) in [4.78, 5) is 11.7. The largest absolute Gasteiger partial charge is 0.450 e. The number of alkyl carbamates (subject to hydrolysis) is 1. The third-order valence-electron chi connectivity index (χ3n) is 2.44. The Bertz CT molecular complexity index is 471. The van der Waals surface area contributed by atoms with Gasteiger partial charge < -0.3 is 14.2 Å². The number of fused-ring (bicyclic) bond motifs is 1. The molecular weight excluding hydrogens is 260 g/mol. The predicted molar refractivity (Wildman–Crippen MR) is 73.5 cm³/mol. The molecule has 1 amide bonds. The molecule has 0 spiro atoms. The van der Waals surface area contributed by atoms with Crippen LogP contribution >= 0.6 is 0 Å². The maximum absolute atomic E-state index is 11.7. The SMILES string of the molecule is CCOC(=O)NC1(NC(C)(C)C)Oc2ccccc2O1. The number of nitrogens with one attached hydrogen (secondary N) is 2. The van der Waals surface area contributed by atoms with Crippen LogP contribution in [0.3, 0.4) is 0 Å². The van der Waals surface area contributed by atoms with Gasteiger partial charge in [0, 0.05) is 5.54 Å². The Morgan fingerprint density at radius 2 is 1.80 bits per heavy atom. The highest BCUT2D eigenvalue weighted by Gasteiger charge is 2.46. The number of para-hydroxylation sites is 2. The van der Waals surface area contributed by atoms with Gasteiger partial charge in [-0.25, -0.2) is 15.4 Å². The summed E-state index contributed by atoms with van der Waals surface area (Å²) < 4.78 is 16.4. The molecule has 1 aromatic rings. The molecule has 0 bridgehead atoms. The van der Waals surface area contributed by atoms with Gasteiger partial charge in [-0.05, 0) is 39.8 Å². The molecule has 2 rings (SSSR count). The number of carbonyl (C=O) groups excluding carboxylic acids is 1. The zero-order chi connectivity index (χ0) is 14.8. The normalized spacial score (nSPS) is 15.8. The predicted octanol–water partition coefficient (Wildman–Crippen LogP) is 2.20. The van der Waals surface area contributed by atoms with Crippen molar-refractivity contribution in [1.29, 1.82) is 0 Å². The maximum atomic E-state index is 11.7. The molecule has 0 saturated heterocycles. The summed E-state index contributed by atoms with van der Waals surface area (Å²) in [5.74, 6) is 1.11. The molecule has 0 atom stereocenters. The van der Waals surface area contributed by atoms with E-state index in [0.29, 0.717) is 11.5 Å². The van der Waals surface area contributed by atoms with Crippen LogP contribution in [0.25, 0.3) is 0 Å². The van der Waals surface area contributed by atoms with Crippen molar-refractivity contribution in [2.45, 2.75) is 39.3 Å². The van der Waals surface area contributed by atoms with Crippen LogP contribution in [0, 0.1) is 0 Å². The Labute approximate surface area is 118 Å². The molecule has 1 aromatic carbocycles. The zero-order valence-electron chi connectivity index (χ0n) is 12.1. The van der Waals surface area contributed by atoms with Crippen molar-refractivity contribution in [3.05, 3.63) is 24.3 Å². The molecule has 20 heavy (non-hydrogen) atoms. The van der Waals surface area contributed by atoms with E-state index < -0.39 is 12.1 Å². The summed E-state index contributed by atoms with van der Waals surface area (Å²) in [5.41, 5.74) is -0.346. The molecule has 0 fully saturated rings. The van der Waals surface area contributed by atoms with E-state index in [1.165, 1.54) is 0 Å². The topological polar surface area (TPSA) is 68.8 Å². The van der Waals surface area contributed by atoms with E-state index in [2.05, 4.69) is 10.6 Å². The fraction of sp³-hybridized carbons (Fsp3) is 0.500. The first kappa shape index (κ1) is 14.5. The average Bonchev–Trinajstić information content (AvgIpc) is 2.63. The van der Waals surface area contributed by atoms with Gasteiger partial charge in [-0.2, -0.15) is 0 Å². The maximum Gasteiger partial charge on any atom is 0.414 e. The number of benzene rings is 1. The van der Waals surface area contributed by atoms with Crippen LogP contribution < -0.4 is 20.1 Å². The van der Waals surface area contributed by atoms with Gasteiger partial charge in [-0.3, -0.25) is 0 Å². The van der Waals surface area contributed by atoms with E-state index in [4.69, 9.17) is 14.2 Å². The highest BCUT2D eigenvalue weighted by molar-refractivity contribution is 5.68. The first-order valence-electron chi connectivity index (χ1n) is 6.55. The Morgan fingerprint density at radius 3 is 2.25 bits per heavy atom. The number of ether oxygens (including phenoxy) is 3. The van der Waals surface area contributed by atoms with E-state index in [9.17, 15) is 4.79 Å². The van der Waals surface area contributed by atoms with Gasteiger partial charge in [0.1, 0.15) is 0 Å². The fourth-order valence-corrected chi connectivity index (χ4v) is 1.88. The minimum Gasteiger partial charge on any atom is -0.450 e. The molecule has 2 N–H and O–H groups in total. The standard InChI is InChI=1S/C14H20N2O4/c1-5-18-12(17)15-14(16-13(2,3)4)19-10-8-6-7-9-11(10)20-14/h6-9,16H,5H2,1-4H3,(H,15,17). The van der Waals surface area contributed by atoms with E-state index >= 15 is 0 Å². The highest BCUT2D eigenvalue weighted by atomic mass is 16.8. The first-order valence-corrected chi connectivity index (χ1v) is 6.55. The van der Waals surface area contributed by atoms with Crippen LogP contribution in [0.2, 0.25) is 0 Å². The van der Waals surface area contributed by atoms with Crippen LogP contribution in [-0.4, -0.2) is 24.3 Å². The number of amides is 1. The van der Waals surface area contributed by atoms with Crippen molar-refractivity contribution in [3.63, 3.8) is 0 Å². The number of carbonyl (C=O) groups is 1. The molecule has 1 aliphatic rings. The molecule has 0 unspecified atom stereocenters. The molecule has 0 saturated carbocycles. The van der Waals surface area contributed by atoms with Crippen LogP contribution in [0.4, 0.5) is 4.79 Å². The van der Waals surface area contributed by atoms with Crippen molar-refractivity contribution in [3.8, 4) is 11.5 Å². The smallest absolute Gasteiger partial charge is 0.414 e. The van der Waals surface area contributed by atoms with Crippen LogP contribution in [-0.2, 0) is 4.74 Å². The Kier molecular flexibility index (Phi) is 3.76. The van der Waals surface area contributed by atoms with E-state index in [0.717, 1.165) is 0 Å². The van der Waals surface area contributed by atoms with Crippen molar-refractivity contribution < 1.29 is 19.0 Å². The molecular formula is C14H20N2O4. The van der Waals surface area contributed by atoms with Gasteiger partial charge in [0.15, 0.2) is 11.5 Å². The first-order chi connectivity index (χ1) is 9.34. The van der Waals surface area contributed by atoms with Crippen molar-refractivity contribution in [2.24, 2.45) is 0 Å². The number of rotatable bonds is 3. The Morgan fingerprint density at radius 1 is 1.25 bits per heavy atom. The summed E-state index contributed by atoms with van der Waals surface area (Å²) >= 11 is 0. The van der Waals surface area contributed by atoms with Gasteiger partial charge >= 0.3 is 12.1 Å².